The second-order valence-electron chi connectivity index (χ2n) is 6.63. The standard InChI is InChI=1S/C12H24BrN3O5S2/c1-12(2,3)10(14-22(4,18)19)11(17)15-5-7-16(8-6-15)23(20,21)9-13/h10,14H,5-9H2,1-4H3/t10-/m0/s1. The van der Waals surface area contributed by atoms with Gasteiger partial charge in [-0.05, 0) is 5.41 Å². The highest BCUT2D eigenvalue weighted by Crippen LogP contribution is 2.23. The first kappa shape index (κ1) is 20.8. The smallest absolute Gasteiger partial charge is 0.241 e. The minimum Gasteiger partial charge on any atom is -0.339 e. The molecule has 1 N–H and O–H groups in total. The van der Waals surface area contributed by atoms with Crippen molar-refractivity contribution in [3.8, 4) is 0 Å². The van der Waals surface area contributed by atoms with E-state index >= 15 is 0 Å². The van der Waals surface area contributed by atoms with Crippen molar-refractivity contribution in [2.24, 2.45) is 5.41 Å². The Hall–Kier alpha value is -0.230. The summed E-state index contributed by atoms with van der Waals surface area (Å²) in [4.78, 5) is 14.2. The Morgan fingerprint density at radius 2 is 1.61 bits per heavy atom. The van der Waals surface area contributed by atoms with Crippen molar-refractivity contribution in [2.45, 2.75) is 26.8 Å². The van der Waals surface area contributed by atoms with Gasteiger partial charge in [-0.15, -0.1) is 0 Å². The number of halogens is 1. The van der Waals surface area contributed by atoms with Gasteiger partial charge in [0.25, 0.3) is 0 Å². The van der Waals surface area contributed by atoms with Crippen LogP contribution in [0.1, 0.15) is 20.8 Å². The number of nitrogens with one attached hydrogen (secondary N) is 1. The summed E-state index contributed by atoms with van der Waals surface area (Å²) >= 11 is 2.95. The van der Waals surface area contributed by atoms with E-state index in [9.17, 15) is 21.6 Å². The summed E-state index contributed by atoms with van der Waals surface area (Å²) < 4.78 is 50.2. The second-order valence-corrected chi connectivity index (χ2v) is 11.7. The van der Waals surface area contributed by atoms with Crippen LogP contribution in [0.2, 0.25) is 0 Å². The van der Waals surface area contributed by atoms with E-state index in [4.69, 9.17) is 0 Å². The summed E-state index contributed by atoms with van der Waals surface area (Å²) in [7, 11) is -6.89. The Morgan fingerprint density at radius 1 is 1.13 bits per heavy atom. The number of amides is 1. The van der Waals surface area contributed by atoms with Crippen LogP contribution >= 0.6 is 15.9 Å². The Labute approximate surface area is 146 Å². The zero-order valence-electron chi connectivity index (χ0n) is 13.7. The van der Waals surface area contributed by atoms with Gasteiger partial charge in [0.1, 0.15) is 10.7 Å². The van der Waals surface area contributed by atoms with Crippen LogP contribution in [0.5, 0.6) is 0 Å². The molecule has 1 saturated heterocycles. The molecule has 11 heteroatoms. The number of piperazine rings is 1. The average molecular weight is 434 g/mol. The zero-order valence-corrected chi connectivity index (χ0v) is 17.0. The molecule has 0 aromatic carbocycles. The van der Waals surface area contributed by atoms with Crippen LogP contribution < -0.4 is 4.72 Å². The third-order valence-corrected chi connectivity index (χ3v) is 7.35. The first-order valence-corrected chi connectivity index (χ1v) is 11.7. The maximum atomic E-state index is 12.7. The molecule has 1 atom stereocenters. The molecule has 0 spiro atoms. The maximum Gasteiger partial charge on any atom is 0.241 e. The van der Waals surface area contributed by atoms with Crippen LogP contribution in [0.15, 0.2) is 0 Å². The van der Waals surface area contributed by atoms with Crippen LogP contribution in [-0.2, 0) is 24.8 Å². The minimum absolute atomic E-state index is 0.159. The zero-order chi connectivity index (χ0) is 18.1. The lowest BCUT2D eigenvalue weighted by Gasteiger charge is -2.38. The van der Waals surface area contributed by atoms with Crippen molar-refractivity contribution in [1.82, 2.24) is 13.9 Å². The van der Waals surface area contributed by atoms with Crippen molar-refractivity contribution in [3.05, 3.63) is 0 Å². The van der Waals surface area contributed by atoms with E-state index in [1.165, 1.54) is 9.21 Å². The largest absolute Gasteiger partial charge is 0.339 e. The Morgan fingerprint density at radius 3 is 1.96 bits per heavy atom. The van der Waals surface area contributed by atoms with E-state index in [-0.39, 0.29) is 36.7 Å². The van der Waals surface area contributed by atoms with Gasteiger partial charge in [-0.3, -0.25) is 4.79 Å². The van der Waals surface area contributed by atoms with Gasteiger partial charge < -0.3 is 4.90 Å². The first-order valence-electron chi connectivity index (χ1n) is 7.08. The predicted octanol–water partition coefficient (Wildman–Crippen LogP) is -0.223. The molecular formula is C12H24BrN3O5S2. The van der Waals surface area contributed by atoms with E-state index in [0.29, 0.717) is 0 Å². The average Bonchev–Trinajstić information content (AvgIpc) is 2.42. The molecule has 0 bridgehead atoms. The molecule has 23 heavy (non-hydrogen) atoms. The van der Waals surface area contributed by atoms with E-state index in [1.54, 1.807) is 20.8 Å². The lowest BCUT2D eigenvalue weighted by Crippen LogP contribution is -2.58. The van der Waals surface area contributed by atoms with E-state index in [2.05, 4.69) is 20.7 Å². The first-order chi connectivity index (χ1) is 10.3. The maximum absolute atomic E-state index is 12.7. The van der Waals surface area contributed by atoms with Crippen LogP contribution in [0, 0.1) is 5.41 Å². The molecule has 8 nitrogen and oxygen atoms in total. The SMILES string of the molecule is CC(C)(C)[C@@H](NS(C)(=O)=O)C(=O)N1CCN(S(=O)(=O)CBr)CC1. The topological polar surface area (TPSA) is 104 Å². The minimum atomic E-state index is -3.54. The van der Waals surface area contributed by atoms with Crippen LogP contribution in [0.3, 0.4) is 0 Å². The summed E-state index contributed by atoms with van der Waals surface area (Å²) in [6.07, 6.45) is 1.01. The van der Waals surface area contributed by atoms with Gasteiger partial charge >= 0.3 is 0 Å². The highest BCUT2D eigenvalue weighted by Gasteiger charge is 2.38. The van der Waals surface area contributed by atoms with Gasteiger partial charge in [0.2, 0.25) is 26.0 Å². The van der Waals surface area contributed by atoms with Crippen molar-refractivity contribution in [2.75, 3.05) is 37.1 Å². The van der Waals surface area contributed by atoms with Gasteiger partial charge in [0.05, 0.1) is 6.26 Å². The summed E-state index contributed by atoms with van der Waals surface area (Å²) in [5.74, 6) is -0.334. The van der Waals surface area contributed by atoms with E-state index < -0.39 is 31.5 Å². The quantitative estimate of drug-likeness (QED) is 0.603. The molecule has 0 unspecified atom stereocenters. The van der Waals surface area contributed by atoms with Crippen LogP contribution in [0.25, 0.3) is 0 Å². The van der Waals surface area contributed by atoms with Crippen molar-refractivity contribution in [3.63, 3.8) is 0 Å². The van der Waals surface area contributed by atoms with Crippen molar-refractivity contribution < 1.29 is 21.6 Å². The second kappa shape index (κ2) is 7.34. The third-order valence-electron chi connectivity index (χ3n) is 3.53. The number of nitrogens with zero attached hydrogens (tertiary/aromatic N) is 2. The Bertz CT molecular complexity index is 634. The number of rotatable bonds is 5. The van der Waals surface area contributed by atoms with Crippen LogP contribution in [0.4, 0.5) is 0 Å². The number of alkyl halides is 1. The number of hydrogen-bond acceptors (Lipinski definition) is 5. The highest BCUT2D eigenvalue weighted by atomic mass is 79.9. The van der Waals surface area contributed by atoms with Crippen molar-refractivity contribution >= 4 is 41.9 Å². The van der Waals surface area contributed by atoms with E-state index in [0.717, 1.165) is 6.26 Å². The number of carbonyl (C=O) groups excluding carboxylic acids is 1. The number of sulfonamides is 2. The molecule has 1 aliphatic rings. The highest BCUT2D eigenvalue weighted by molar-refractivity contribution is 9.10. The molecule has 1 fully saturated rings. The predicted molar refractivity (Wildman–Crippen MR) is 92.1 cm³/mol. The van der Waals surface area contributed by atoms with E-state index in [1.807, 2.05) is 0 Å². The fraction of sp³-hybridized carbons (Fsp3) is 0.917. The molecule has 1 amide bonds. The molecule has 0 saturated carbocycles. The normalized spacial score (nSPS) is 19.6. The van der Waals surface area contributed by atoms with Gasteiger partial charge in [-0.25, -0.2) is 21.6 Å². The molecule has 1 heterocycles. The lowest BCUT2D eigenvalue weighted by molar-refractivity contribution is -0.136. The van der Waals surface area contributed by atoms with Crippen LogP contribution in [-0.4, -0.2) is 75.1 Å². The number of carbonyl (C=O) groups is 1. The summed E-state index contributed by atoms with van der Waals surface area (Å²) in [6.45, 7) is 6.22. The summed E-state index contributed by atoms with van der Waals surface area (Å²) in [6, 6.07) is -0.892. The van der Waals surface area contributed by atoms with Crippen molar-refractivity contribution in [1.29, 1.82) is 0 Å². The molecular weight excluding hydrogens is 410 g/mol. The Balaban J connectivity index is 2.84. The Kier molecular flexibility index (Phi) is 6.64. The molecule has 0 radical (unpaired) electrons. The number of hydrogen-bond donors (Lipinski definition) is 1. The van der Waals surface area contributed by atoms with Gasteiger partial charge in [0.15, 0.2) is 0 Å². The summed E-state index contributed by atoms with van der Waals surface area (Å²) in [5.41, 5.74) is -0.598. The van der Waals surface area contributed by atoms with Gasteiger partial charge in [0, 0.05) is 26.2 Å². The fourth-order valence-electron chi connectivity index (χ4n) is 2.25. The summed E-state index contributed by atoms with van der Waals surface area (Å²) in [5, 5.41) is 0. The molecule has 0 aliphatic carbocycles. The fourth-order valence-corrected chi connectivity index (χ4v) is 4.86. The molecule has 0 aromatic heterocycles. The van der Waals surface area contributed by atoms with Gasteiger partial charge in [-0.1, -0.05) is 36.7 Å². The molecule has 136 valence electrons. The lowest BCUT2D eigenvalue weighted by atomic mass is 9.86. The molecule has 0 aromatic rings. The third kappa shape index (κ3) is 5.96. The molecule has 1 rings (SSSR count). The molecule has 1 aliphatic heterocycles. The van der Waals surface area contributed by atoms with Gasteiger partial charge in [-0.2, -0.15) is 4.31 Å². The monoisotopic (exact) mass is 433 g/mol.